The third-order valence-corrected chi connectivity index (χ3v) is 3.11. The van der Waals surface area contributed by atoms with Crippen molar-refractivity contribution in [2.75, 3.05) is 19.8 Å². The van der Waals surface area contributed by atoms with Gasteiger partial charge in [-0.2, -0.15) is 5.10 Å². The van der Waals surface area contributed by atoms with Crippen LogP contribution >= 0.6 is 0 Å². The number of rotatable bonds is 10. The maximum absolute atomic E-state index is 11.4. The lowest BCUT2D eigenvalue weighted by Crippen LogP contribution is -2.15. The third kappa shape index (κ3) is 7.08. The molecule has 1 aromatic carbocycles. The van der Waals surface area contributed by atoms with Crippen molar-refractivity contribution in [2.45, 2.75) is 32.6 Å². The van der Waals surface area contributed by atoms with Crippen LogP contribution in [0.3, 0.4) is 0 Å². The molecule has 0 bridgehead atoms. The van der Waals surface area contributed by atoms with Gasteiger partial charge in [-0.25, -0.2) is 0 Å². The highest BCUT2D eigenvalue weighted by Gasteiger charge is 2.03. The van der Waals surface area contributed by atoms with E-state index in [0.29, 0.717) is 25.7 Å². The van der Waals surface area contributed by atoms with Gasteiger partial charge in [-0.1, -0.05) is 31.5 Å². The van der Waals surface area contributed by atoms with E-state index in [2.05, 4.69) is 12.0 Å². The summed E-state index contributed by atoms with van der Waals surface area (Å²) < 4.78 is 10.5. The molecule has 0 spiro atoms. The fourth-order valence-electron chi connectivity index (χ4n) is 1.81. The van der Waals surface area contributed by atoms with E-state index in [4.69, 9.17) is 21.1 Å². The number of hydrazone groups is 1. The van der Waals surface area contributed by atoms with Gasteiger partial charge < -0.3 is 21.1 Å². The van der Waals surface area contributed by atoms with E-state index < -0.39 is 0 Å². The smallest absolute Gasteiger partial charge is 0.308 e. The molecule has 0 amide bonds. The summed E-state index contributed by atoms with van der Waals surface area (Å²) in [6, 6.07) is 7.65. The van der Waals surface area contributed by atoms with Gasteiger partial charge in [0.25, 0.3) is 0 Å². The quantitative estimate of drug-likeness (QED) is 0.171. The van der Waals surface area contributed by atoms with Crippen LogP contribution in [-0.2, 0) is 20.7 Å². The molecule has 6 heteroatoms. The number of carbonyl (C=O) groups is 1. The highest BCUT2D eigenvalue weighted by atomic mass is 16.5. The average molecular weight is 307 g/mol. The maximum Gasteiger partial charge on any atom is 0.308 e. The first-order valence-corrected chi connectivity index (χ1v) is 7.53. The Morgan fingerprint density at radius 2 is 2.09 bits per heavy atom. The Morgan fingerprint density at radius 3 is 2.82 bits per heavy atom. The van der Waals surface area contributed by atoms with Crippen molar-refractivity contribution in [1.29, 1.82) is 0 Å². The molecule has 0 heterocycles. The van der Waals surface area contributed by atoms with Gasteiger partial charge in [0.1, 0.15) is 5.84 Å². The minimum Gasteiger partial charge on any atom is -0.466 e. The summed E-state index contributed by atoms with van der Waals surface area (Å²) >= 11 is 0. The molecule has 0 aliphatic carbocycles. The predicted molar refractivity (Wildman–Crippen MR) is 86.4 cm³/mol. The number of esters is 1. The van der Waals surface area contributed by atoms with Crippen LogP contribution in [0.15, 0.2) is 29.4 Å². The number of nitrogens with two attached hydrogens (primary N) is 2. The standard InChI is InChI=1S/C16H25N3O3/c1-2-3-9-22-15(20)8-11-21-10-7-13-5-4-6-14(12-13)16(17)19-18/h4-6,12H,2-3,7-11,18H2,1H3,(H2,17,19). The molecule has 1 rings (SSSR count). The summed E-state index contributed by atoms with van der Waals surface area (Å²) in [7, 11) is 0. The number of unbranched alkanes of at least 4 members (excludes halogenated alkanes) is 1. The van der Waals surface area contributed by atoms with E-state index in [0.717, 1.165) is 30.4 Å². The summed E-state index contributed by atoms with van der Waals surface area (Å²) in [6.07, 6.45) is 2.94. The van der Waals surface area contributed by atoms with Gasteiger partial charge in [-0.3, -0.25) is 4.79 Å². The zero-order valence-electron chi connectivity index (χ0n) is 13.1. The number of amidine groups is 1. The predicted octanol–water partition coefficient (Wildman–Crippen LogP) is 1.56. The molecule has 0 saturated carbocycles. The van der Waals surface area contributed by atoms with Crippen LogP contribution in [0.1, 0.15) is 37.3 Å². The minimum absolute atomic E-state index is 0.206. The van der Waals surface area contributed by atoms with Gasteiger partial charge in [0.2, 0.25) is 0 Å². The molecule has 22 heavy (non-hydrogen) atoms. The fraction of sp³-hybridized carbons (Fsp3) is 0.500. The highest BCUT2D eigenvalue weighted by Crippen LogP contribution is 2.06. The molecule has 6 nitrogen and oxygen atoms in total. The molecule has 122 valence electrons. The van der Waals surface area contributed by atoms with Crippen LogP contribution in [-0.4, -0.2) is 31.6 Å². The van der Waals surface area contributed by atoms with Crippen LogP contribution in [0.2, 0.25) is 0 Å². The van der Waals surface area contributed by atoms with E-state index in [1.807, 2.05) is 24.3 Å². The Balaban J connectivity index is 2.21. The summed E-state index contributed by atoms with van der Waals surface area (Å²) in [4.78, 5) is 11.4. The first kappa shape index (κ1) is 18.0. The van der Waals surface area contributed by atoms with Crippen LogP contribution < -0.4 is 11.6 Å². The van der Waals surface area contributed by atoms with Crippen molar-refractivity contribution < 1.29 is 14.3 Å². The van der Waals surface area contributed by atoms with E-state index >= 15 is 0 Å². The highest BCUT2D eigenvalue weighted by molar-refractivity contribution is 5.97. The van der Waals surface area contributed by atoms with Crippen molar-refractivity contribution in [1.82, 2.24) is 0 Å². The molecule has 0 aliphatic rings. The Morgan fingerprint density at radius 1 is 1.27 bits per heavy atom. The molecular weight excluding hydrogens is 282 g/mol. The second-order valence-corrected chi connectivity index (χ2v) is 4.90. The lowest BCUT2D eigenvalue weighted by Gasteiger charge is -2.07. The number of hydrogen-bond acceptors (Lipinski definition) is 5. The van der Waals surface area contributed by atoms with Gasteiger partial charge in [0.05, 0.1) is 26.2 Å². The molecule has 0 fully saturated rings. The Labute approximate surface area is 131 Å². The largest absolute Gasteiger partial charge is 0.466 e. The molecule has 1 aromatic rings. The average Bonchev–Trinajstić information content (AvgIpc) is 2.54. The monoisotopic (exact) mass is 307 g/mol. The second-order valence-electron chi connectivity index (χ2n) is 4.90. The number of nitrogens with zero attached hydrogens (tertiary/aromatic N) is 1. The lowest BCUT2D eigenvalue weighted by atomic mass is 10.1. The molecule has 0 atom stereocenters. The first-order valence-electron chi connectivity index (χ1n) is 7.53. The van der Waals surface area contributed by atoms with Crippen molar-refractivity contribution >= 4 is 11.8 Å². The SMILES string of the molecule is CCCCOC(=O)CCOCCc1cccc(/C(N)=N/N)c1. The Hall–Kier alpha value is -2.08. The van der Waals surface area contributed by atoms with E-state index in [1.165, 1.54) is 0 Å². The van der Waals surface area contributed by atoms with Crippen molar-refractivity contribution in [3.8, 4) is 0 Å². The topological polar surface area (TPSA) is 99.9 Å². The first-order chi connectivity index (χ1) is 10.7. The molecule has 0 radical (unpaired) electrons. The van der Waals surface area contributed by atoms with Crippen molar-refractivity contribution in [2.24, 2.45) is 16.7 Å². The fourth-order valence-corrected chi connectivity index (χ4v) is 1.81. The number of benzene rings is 1. The molecule has 0 saturated heterocycles. The third-order valence-electron chi connectivity index (χ3n) is 3.11. The maximum atomic E-state index is 11.4. The van der Waals surface area contributed by atoms with Crippen LogP contribution in [0, 0.1) is 0 Å². The van der Waals surface area contributed by atoms with E-state index in [9.17, 15) is 4.79 Å². The van der Waals surface area contributed by atoms with Crippen LogP contribution in [0.5, 0.6) is 0 Å². The molecule has 0 aliphatic heterocycles. The summed E-state index contributed by atoms with van der Waals surface area (Å²) in [6.45, 7) is 3.45. The second kappa shape index (κ2) is 10.6. The lowest BCUT2D eigenvalue weighted by molar-refractivity contribution is -0.144. The van der Waals surface area contributed by atoms with Gasteiger partial charge in [-0.05, 0) is 24.5 Å². The van der Waals surface area contributed by atoms with Gasteiger partial charge in [-0.15, -0.1) is 0 Å². The number of ether oxygens (including phenoxy) is 2. The van der Waals surface area contributed by atoms with Gasteiger partial charge in [0.15, 0.2) is 0 Å². The number of carbonyl (C=O) groups excluding carboxylic acids is 1. The Bertz CT molecular complexity index is 489. The van der Waals surface area contributed by atoms with E-state index in [1.54, 1.807) is 0 Å². The summed E-state index contributed by atoms with van der Waals surface area (Å²) in [5.41, 5.74) is 7.53. The van der Waals surface area contributed by atoms with Crippen LogP contribution in [0.25, 0.3) is 0 Å². The van der Waals surface area contributed by atoms with E-state index in [-0.39, 0.29) is 12.4 Å². The van der Waals surface area contributed by atoms with Crippen molar-refractivity contribution in [3.63, 3.8) is 0 Å². The zero-order valence-corrected chi connectivity index (χ0v) is 13.1. The normalized spacial score (nSPS) is 11.4. The molecule has 4 N–H and O–H groups in total. The Kier molecular flexibility index (Phi) is 8.67. The number of hydrogen-bond donors (Lipinski definition) is 2. The van der Waals surface area contributed by atoms with Gasteiger partial charge >= 0.3 is 5.97 Å². The van der Waals surface area contributed by atoms with Crippen molar-refractivity contribution in [3.05, 3.63) is 35.4 Å². The van der Waals surface area contributed by atoms with Gasteiger partial charge in [0, 0.05) is 5.56 Å². The zero-order chi connectivity index (χ0) is 16.2. The molecular formula is C16H25N3O3. The summed E-state index contributed by atoms with van der Waals surface area (Å²) in [5.74, 6) is 5.26. The van der Waals surface area contributed by atoms with Crippen LogP contribution in [0.4, 0.5) is 0 Å². The minimum atomic E-state index is -0.206. The molecule has 0 aromatic heterocycles. The molecule has 0 unspecified atom stereocenters. The summed E-state index contributed by atoms with van der Waals surface area (Å²) in [5, 5.41) is 3.47.